The van der Waals surface area contributed by atoms with Gasteiger partial charge in [-0.25, -0.2) is 0 Å². The predicted molar refractivity (Wildman–Crippen MR) is 57.6 cm³/mol. The van der Waals surface area contributed by atoms with Crippen molar-refractivity contribution in [3.8, 4) is 0 Å². The zero-order chi connectivity index (χ0) is 8.27. The van der Waals surface area contributed by atoms with Crippen LogP contribution in [0.5, 0.6) is 0 Å². The summed E-state index contributed by atoms with van der Waals surface area (Å²) in [7, 11) is 0. The minimum atomic E-state index is -0.543. The molecule has 3 rings (SSSR count). The SMILES string of the molecule is N.[CH3][Sn]([CH3])[CH3].c1cc2cc(c1)C2. The fourth-order valence-electron chi connectivity index (χ4n) is 0.954. The third-order valence-electron chi connectivity index (χ3n) is 1.40. The molecule has 0 amide bonds. The molecule has 0 aliphatic heterocycles. The van der Waals surface area contributed by atoms with E-state index < -0.39 is 19.8 Å². The molecule has 2 heteroatoms. The smallest absolute Gasteiger partial charge is 0.00256 e. The molecule has 0 aromatic heterocycles. The molecule has 12 heavy (non-hydrogen) atoms. The van der Waals surface area contributed by atoms with Gasteiger partial charge in [0.25, 0.3) is 0 Å². The molecule has 0 saturated carbocycles. The van der Waals surface area contributed by atoms with Crippen molar-refractivity contribution in [3.05, 3.63) is 35.4 Å². The van der Waals surface area contributed by atoms with Gasteiger partial charge in [-0.05, 0) is 17.5 Å². The summed E-state index contributed by atoms with van der Waals surface area (Å²) < 4.78 is 0. The van der Waals surface area contributed by atoms with E-state index in [1.807, 2.05) is 0 Å². The van der Waals surface area contributed by atoms with Crippen LogP contribution in [-0.2, 0) is 6.42 Å². The van der Waals surface area contributed by atoms with E-state index in [0.29, 0.717) is 0 Å². The molecule has 0 fully saturated rings. The van der Waals surface area contributed by atoms with Crippen molar-refractivity contribution in [1.29, 1.82) is 0 Å². The second-order valence-electron chi connectivity index (χ2n) is 3.50. The molecule has 1 aromatic carbocycles. The standard InChI is InChI=1S/C7H6.3CH3.H3N.Sn/c1-2-6-4-7(3-1)5-6;;;;;/h1-4H,5H2;4*1H3;. The Morgan fingerprint density at radius 1 is 1.08 bits per heavy atom. The molecular weight excluding hydrogens is 253 g/mol. The van der Waals surface area contributed by atoms with E-state index in [4.69, 9.17) is 0 Å². The fourth-order valence-corrected chi connectivity index (χ4v) is 0.954. The van der Waals surface area contributed by atoms with Crippen LogP contribution in [0.1, 0.15) is 11.1 Å². The van der Waals surface area contributed by atoms with E-state index in [9.17, 15) is 0 Å². The van der Waals surface area contributed by atoms with E-state index in [2.05, 4.69) is 39.1 Å². The Kier molecular flexibility index (Phi) is 5.58. The Labute approximate surface area is 82.5 Å². The molecule has 0 saturated heterocycles. The van der Waals surface area contributed by atoms with Gasteiger partial charge in [-0.15, -0.1) is 0 Å². The van der Waals surface area contributed by atoms with Crippen molar-refractivity contribution < 1.29 is 0 Å². The topological polar surface area (TPSA) is 35.0 Å². The van der Waals surface area contributed by atoms with Crippen LogP contribution in [-0.4, -0.2) is 19.8 Å². The number of rotatable bonds is 0. The molecule has 0 heterocycles. The van der Waals surface area contributed by atoms with Gasteiger partial charge in [0.15, 0.2) is 0 Å². The first-order chi connectivity index (χ1) is 5.18. The van der Waals surface area contributed by atoms with Crippen LogP contribution in [0.4, 0.5) is 0 Å². The second kappa shape index (κ2) is 5.59. The summed E-state index contributed by atoms with van der Waals surface area (Å²) in [6, 6.07) is 8.65. The van der Waals surface area contributed by atoms with E-state index >= 15 is 0 Å². The van der Waals surface area contributed by atoms with Crippen LogP contribution in [0, 0.1) is 0 Å². The van der Waals surface area contributed by atoms with Gasteiger partial charge < -0.3 is 6.15 Å². The zero-order valence-corrected chi connectivity index (χ0v) is 11.1. The molecule has 3 N–H and O–H groups in total. The van der Waals surface area contributed by atoms with Crippen LogP contribution in [0.15, 0.2) is 24.3 Å². The fraction of sp³-hybridized carbons (Fsp3) is 0.400. The molecule has 2 aliphatic rings. The normalized spacial score (nSPS) is 10.7. The van der Waals surface area contributed by atoms with Gasteiger partial charge in [0, 0.05) is 0 Å². The van der Waals surface area contributed by atoms with Crippen molar-refractivity contribution >= 4 is 19.8 Å². The van der Waals surface area contributed by atoms with Crippen molar-refractivity contribution in [3.63, 3.8) is 0 Å². The first-order valence-corrected chi connectivity index (χ1v) is 12.6. The Morgan fingerprint density at radius 2 is 1.42 bits per heavy atom. The maximum absolute atomic E-state index is 2.36. The quantitative estimate of drug-likeness (QED) is 0.734. The largest absolute Gasteiger partial charge is 0.0617 e. The van der Waals surface area contributed by atoms with Crippen LogP contribution < -0.4 is 6.15 Å². The summed E-state index contributed by atoms with van der Waals surface area (Å²) in [4.78, 5) is 7.09. The summed E-state index contributed by atoms with van der Waals surface area (Å²) in [6.45, 7) is 0. The van der Waals surface area contributed by atoms with Crippen LogP contribution in [0.3, 0.4) is 0 Å². The third kappa shape index (κ3) is 4.12. The average Bonchev–Trinajstić information content (AvgIpc) is 1.86. The van der Waals surface area contributed by atoms with Gasteiger partial charge in [-0.2, -0.15) is 0 Å². The van der Waals surface area contributed by atoms with Crippen LogP contribution in [0.25, 0.3) is 0 Å². The minimum Gasteiger partial charge on any atom is -0.0617 e. The van der Waals surface area contributed by atoms with Crippen molar-refractivity contribution in [2.75, 3.05) is 0 Å². The molecule has 1 nitrogen and oxygen atoms in total. The predicted octanol–water partition coefficient (Wildman–Crippen LogP) is 3.12. The number of benzene rings is 1. The van der Waals surface area contributed by atoms with E-state index in [1.54, 1.807) is 0 Å². The minimum absolute atomic E-state index is 0. The van der Waals surface area contributed by atoms with Gasteiger partial charge in [-0.3, -0.25) is 0 Å². The maximum atomic E-state index is 2.36. The Bertz CT molecular complexity index is 206. The molecule has 67 valence electrons. The molecule has 0 atom stereocenters. The molecule has 1 radical (unpaired) electrons. The first kappa shape index (κ1) is 12.0. The summed E-state index contributed by atoms with van der Waals surface area (Å²) in [5.41, 5.74) is 2.97. The van der Waals surface area contributed by atoms with Crippen molar-refractivity contribution in [2.24, 2.45) is 0 Å². The third-order valence-corrected chi connectivity index (χ3v) is 1.40. The van der Waals surface area contributed by atoms with E-state index in [-0.39, 0.29) is 6.15 Å². The molecule has 0 spiro atoms. The Balaban J connectivity index is 0.000000217. The van der Waals surface area contributed by atoms with E-state index in [1.165, 1.54) is 17.5 Å². The van der Waals surface area contributed by atoms with Gasteiger partial charge in [0.05, 0.1) is 0 Å². The van der Waals surface area contributed by atoms with Gasteiger partial charge in [0.1, 0.15) is 0 Å². The summed E-state index contributed by atoms with van der Waals surface area (Å²) in [5.74, 6) is 0. The van der Waals surface area contributed by atoms with Crippen LogP contribution >= 0.6 is 0 Å². The first-order valence-electron chi connectivity index (χ1n) is 4.03. The molecule has 0 unspecified atom stereocenters. The summed E-state index contributed by atoms with van der Waals surface area (Å²) in [6.07, 6.45) is 1.22. The van der Waals surface area contributed by atoms with Crippen molar-refractivity contribution in [2.45, 2.75) is 21.2 Å². The number of hydrogen-bond acceptors (Lipinski definition) is 1. The monoisotopic (exact) mass is 272 g/mol. The molecule has 2 bridgehead atoms. The molecule has 1 aromatic rings. The molecular formula is C10H18NSn. The van der Waals surface area contributed by atoms with Gasteiger partial charge in [-0.1, -0.05) is 24.3 Å². The maximum Gasteiger partial charge on any atom is -0.00256 e. The average molecular weight is 271 g/mol. The zero-order valence-electron chi connectivity index (χ0n) is 8.22. The Hall–Kier alpha value is -0.0213. The number of fused-ring (bicyclic) bond motifs is 2. The summed E-state index contributed by atoms with van der Waals surface area (Å²) in [5, 5.41) is 0. The van der Waals surface area contributed by atoms with E-state index in [0.717, 1.165) is 0 Å². The van der Waals surface area contributed by atoms with Gasteiger partial charge >= 0.3 is 34.6 Å². The van der Waals surface area contributed by atoms with Gasteiger partial charge in [0.2, 0.25) is 0 Å². The van der Waals surface area contributed by atoms with Crippen molar-refractivity contribution in [1.82, 2.24) is 6.15 Å². The summed E-state index contributed by atoms with van der Waals surface area (Å²) >= 11 is -0.543. The molecule has 2 aliphatic carbocycles. The second-order valence-corrected chi connectivity index (χ2v) is 12.1. The number of hydrogen-bond donors (Lipinski definition) is 1. The van der Waals surface area contributed by atoms with Crippen LogP contribution in [0.2, 0.25) is 14.8 Å². The Morgan fingerprint density at radius 3 is 1.50 bits per heavy atom.